The van der Waals surface area contributed by atoms with Crippen molar-refractivity contribution in [3.63, 3.8) is 0 Å². The van der Waals surface area contributed by atoms with Crippen LogP contribution in [-0.4, -0.2) is 41.6 Å². The minimum atomic E-state index is -0.246. The topological polar surface area (TPSA) is 70.2 Å². The SMILES string of the molecule is O=C(NCc1ccccn1)C1CN(c2nc3ccccc3s2)CCN1. The van der Waals surface area contributed by atoms with E-state index in [2.05, 4.69) is 26.6 Å². The zero-order valence-corrected chi connectivity index (χ0v) is 14.5. The Balaban J connectivity index is 1.41. The fraction of sp³-hybridized carbons (Fsp3) is 0.278. The quantitative estimate of drug-likeness (QED) is 0.748. The molecule has 0 aliphatic carbocycles. The van der Waals surface area contributed by atoms with Crippen molar-refractivity contribution < 1.29 is 4.79 Å². The molecule has 6 nitrogen and oxygen atoms in total. The zero-order chi connectivity index (χ0) is 17.1. The lowest BCUT2D eigenvalue weighted by molar-refractivity contribution is -0.123. The molecule has 1 aliphatic heterocycles. The van der Waals surface area contributed by atoms with E-state index >= 15 is 0 Å². The second-order valence-electron chi connectivity index (χ2n) is 5.96. The number of rotatable bonds is 4. The molecule has 0 bridgehead atoms. The highest BCUT2D eigenvalue weighted by atomic mass is 32.1. The van der Waals surface area contributed by atoms with Gasteiger partial charge in [0.1, 0.15) is 6.04 Å². The zero-order valence-electron chi connectivity index (χ0n) is 13.7. The van der Waals surface area contributed by atoms with Gasteiger partial charge in [0.15, 0.2) is 5.13 Å². The number of thiazole rings is 1. The maximum Gasteiger partial charge on any atom is 0.239 e. The summed E-state index contributed by atoms with van der Waals surface area (Å²) in [6, 6.07) is 13.6. The summed E-state index contributed by atoms with van der Waals surface area (Å²) in [4.78, 5) is 23.6. The van der Waals surface area contributed by atoms with Gasteiger partial charge in [-0.3, -0.25) is 9.78 Å². The highest BCUT2D eigenvalue weighted by Crippen LogP contribution is 2.29. The number of hydrogen-bond acceptors (Lipinski definition) is 6. The Labute approximate surface area is 149 Å². The van der Waals surface area contributed by atoms with Crippen molar-refractivity contribution in [2.45, 2.75) is 12.6 Å². The second-order valence-corrected chi connectivity index (χ2v) is 6.96. The first kappa shape index (κ1) is 16.0. The van der Waals surface area contributed by atoms with E-state index in [1.807, 2.05) is 36.4 Å². The second kappa shape index (κ2) is 7.16. The Hall–Kier alpha value is -2.51. The van der Waals surface area contributed by atoms with Gasteiger partial charge in [-0.05, 0) is 24.3 Å². The number of benzene rings is 1. The first-order valence-corrected chi connectivity index (χ1v) is 9.13. The Bertz CT molecular complexity index is 833. The van der Waals surface area contributed by atoms with Gasteiger partial charge in [0.2, 0.25) is 5.91 Å². The number of amides is 1. The molecule has 1 amide bonds. The third-order valence-electron chi connectivity index (χ3n) is 4.21. The van der Waals surface area contributed by atoms with Crippen LogP contribution in [0.2, 0.25) is 0 Å². The molecule has 1 atom stereocenters. The number of carbonyl (C=O) groups excluding carboxylic acids is 1. The number of fused-ring (bicyclic) bond motifs is 1. The van der Waals surface area contributed by atoms with Crippen LogP contribution < -0.4 is 15.5 Å². The molecule has 25 heavy (non-hydrogen) atoms. The van der Waals surface area contributed by atoms with Crippen molar-refractivity contribution in [2.75, 3.05) is 24.5 Å². The molecular formula is C18H19N5OS. The maximum absolute atomic E-state index is 12.5. The average Bonchev–Trinajstić information content (AvgIpc) is 3.11. The van der Waals surface area contributed by atoms with Crippen LogP contribution in [0.25, 0.3) is 10.2 Å². The summed E-state index contributed by atoms with van der Waals surface area (Å²) < 4.78 is 1.17. The van der Waals surface area contributed by atoms with Gasteiger partial charge in [-0.25, -0.2) is 4.98 Å². The molecule has 1 aromatic carbocycles. The number of aromatic nitrogens is 2. The molecule has 7 heteroatoms. The van der Waals surface area contributed by atoms with Gasteiger partial charge in [-0.15, -0.1) is 0 Å². The largest absolute Gasteiger partial charge is 0.349 e. The highest BCUT2D eigenvalue weighted by Gasteiger charge is 2.26. The van der Waals surface area contributed by atoms with Crippen molar-refractivity contribution in [3.8, 4) is 0 Å². The fourth-order valence-electron chi connectivity index (χ4n) is 2.90. The minimum Gasteiger partial charge on any atom is -0.349 e. The van der Waals surface area contributed by atoms with Crippen LogP contribution >= 0.6 is 11.3 Å². The molecule has 2 N–H and O–H groups in total. The van der Waals surface area contributed by atoms with E-state index in [0.717, 1.165) is 29.4 Å². The number of piperazine rings is 1. The summed E-state index contributed by atoms with van der Waals surface area (Å²) in [5, 5.41) is 7.23. The average molecular weight is 353 g/mol. The van der Waals surface area contributed by atoms with E-state index in [9.17, 15) is 4.79 Å². The summed E-state index contributed by atoms with van der Waals surface area (Å²) in [6.07, 6.45) is 1.73. The van der Waals surface area contributed by atoms with Crippen LogP contribution in [0.1, 0.15) is 5.69 Å². The monoisotopic (exact) mass is 353 g/mol. The molecule has 0 radical (unpaired) electrons. The molecule has 4 rings (SSSR count). The number of pyridine rings is 1. The molecule has 1 aliphatic rings. The van der Waals surface area contributed by atoms with Gasteiger partial charge in [0.05, 0.1) is 22.5 Å². The van der Waals surface area contributed by atoms with Crippen molar-refractivity contribution >= 4 is 32.6 Å². The van der Waals surface area contributed by atoms with Crippen LogP contribution in [0.15, 0.2) is 48.7 Å². The maximum atomic E-state index is 12.5. The minimum absolute atomic E-state index is 0.00327. The van der Waals surface area contributed by atoms with Gasteiger partial charge in [-0.1, -0.05) is 29.5 Å². The van der Waals surface area contributed by atoms with E-state index in [1.165, 1.54) is 4.70 Å². The van der Waals surface area contributed by atoms with Gasteiger partial charge in [0.25, 0.3) is 0 Å². The Kier molecular flexibility index (Phi) is 4.58. The first-order valence-electron chi connectivity index (χ1n) is 8.31. The summed E-state index contributed by atoms with van der Waals surface area (Å²) in [5.74, 6) is -0.00327. The van der Waals surface area contributed by atoms with Crippen LogP contribution in [0.3, 0.4) is 0 Å². The molecular weight excluding hydrogens is 334 g/mol. The third kappa shape index (κ3) is 3.62. The molecule has 128 valence electrons. The summed E-state index contributed by atoms with van der Waals surface area (Å²) >= 11 is 1.67. The van der Waals surface area contributed by atoms with Crippen LogP contribution in [0.4, 0.5) is 5.13 Å². The van der Waals surface area contributed by atoms with E-state index in [0.29, 0.717) is 13.1 Å². The summed E-state index contributed by atoms with van der Waals surface area (Å²) in [7, 11) is 0. The van der Waals surface area contributed by atoms with Crippen molar-refractivity contribution in [1.29, 1.82) is 0 Å². The van der Waals surface area contributed by atoms with E-state index < -0.39 is 0 Å². The highest BCUT2D eigenvalue weighted by molar-refractivity contribution is 7.22. The van der Waals surface area contributed by atoms with E-state index in [1.54, 1.807) is 17.5 Å². The Morgan fingerprint density at radius 1 is 1.28 bits per heavy atom. The van der Waals surface area contributed by atoms with Gasteiger partial charge in [-0.2, -0.15) is 0 Å². The standard InChI is InChI=1S/C18H19N5OS/c24-17(21-11-13-5-3-4-8-19-13)15-12-23(10-9-20-15)18-22-14-6-1-2-7-16(14)25-18/h1-8,15,20H,9-12H2,(H,21,24). The number of nitrogens with zero attached hydrogens (tertiary/aromatic N) is 3. The lowest BCUT2D eigenvalue weighted by atomic mass is 10.2. The van der Waals surface area contributed by atoms with Crippen molar-refractivity contribution in [2.24, 2.45) is 0 Å². The van der Waals surface area contributed by atoms with Crippen LogP contribution in [0.5, 0.6) is 0 Å². The molecule has 1 saturated heterocycles. The van der Waals surface area contributed by atoms with Crippen LogP contribution in [-0.2, 0) is 11.3 Å². The van der Waals surface area contributed by atoms with Crippen molar-refractivity contribution in [3.05, 3.63) is 54.4 Å². The smallest absolute Gasteiger partial charge is 0.239 e. The molecule has 3 heterocycles. The number of hydrogen-bond donors (Lipinski definition) is 2. The summed E-state index contributed by atoms with van der Waals surface area (Å²) in [6.45, 7) is 2.67. The normalized spacial score (nSPS) is 17.6. The number of nitrogens with one attached hydrogen (secondary N) is 2. The lowest BCUT2D eigenvalue weighted by Gasteiger charge is -2.32. The predicted molar refractivity (Wildman–Crippen MR) is 99.7 cm³/mol. The molecule has 1 unspecified atom stereocenters. The first-order chi connectivity index (χ1) is 12.3. The predicted octanol–water partition coefficient (Wildman–Crippen LogP) is 1.79. The molecule has 2 aromatic heterocycles. The molecule has 0 saturated carbocycles. The molecule has 3 aromatic rings. The third-order valence-corrected chi connectivity index (χ3v) is 5.31. The molecule has 1 fully saturated rings. The number of anilines is 1. The fourth-order valence-corrected chi connectivity index (χ4v) is 3.90. The van der Waals surface area contributed by atoms with Gasteiger partial charge < -0.3 is 15.5 Å². The van der Waals surface area contributed by atoms with Crippen LogP contribution in [0, 0.1) is 0 Å². The molecule has 0 spiro atoms. The Morgan fingerprint density at radius 2 is 2.16 bits per heavy atom. The van der Waals surface area contributed by atoms with Gasteiger partial charge >= 0.3 is 0 Å². The number of carbonyl (C=O) groups is 1. The summed E-state index contributed by atoms with van der Waals surface area (Å²) in [5.41, 5.74) is 1.87. The van der Waals surface area contributed by atoms with E-state index in [-0.39, 0.29) is 11.9 Å². The van der Waals surface area contributed by atoms with E-state index in [4.69, 9.17) is 4.98 Å². The number of para-hydroxylation sites is 1. The Morgan fingerprint density at radius 3 is 3.00 bits per heavy atom. The van der Waals surface area contributed by atoms with Crippen molar-refractivity contribution in [1.82, 2.24) is 20.6 Å². The lowest BCUT2D eigenvalue weighted by Crippen LogP contribution is -2.57. The van der Waals surface area contributed by atoms with Gasteiger partial charge in [0, 0.05) is 25.8 Å².